The van der Waals surface area contributed by atoms with Crippen molar-refractivity contribution in [3.63, 3.8) is 0 Å². The zero-order valence-corrected chi connectivity index (χ0v) is 18.1. The van der Waals surface area contributed by atoms with Gasteiger partial charge < -0.3 is 5.32 Å². The third-order valence-corrected chi connectivity index (χ3v) is 6.23. The lowest BCUT2D eigenvalue weighted by Crippen LogP contribution is -2.24. The molecule has 0 atom stereocenters. The Hall–Kier alpha value is -2.83. The first-order valence-electron chi connectivity index (χ1n) is 9.56. The fourth-order valence-corrected chi connectivity index (χ4v) is 4.39. The zero-order valence-electron chi connectivity index (χ0n) is 16.6. The highest BCUT2D eigenvalue weighted by Gasteiger charge is 2.16. The summed E-state index contributed by atoms with van der Waals surface area (Å²) in [6.07, 6.45) is 1.70. The molecule has 5 nitrogen and oxygen atoms in total. The summed E-state index contributed by atoms with van der Waals surface area (Å²) in [5, 5.41) is 3.02. The smallest absolute Gasteiger partial charge is 0.261 e. The van der Waals surface area contributed by atoms with Crippen molar-refractivity contribution >= 4 is 33.2 Å². The van der Waals surface area contributed by atoms with Gasteiger partial charge >= 0.3 is 0 Å². The molecule has 0 fully saturated rings. The summed E-state index contributed by atoms with van der Waals surface area (Å²) < 4.78 is 27.3. The summed E-state index contributed by atoms with van der Waals surface area (Å²) >= 11 is 6.22. The van der Waals surface area contributed by atoms with E-state index < -0.39 is 10.0 Å². The number of sulfonamides is 1. The molecule has 0 heterocycles. The number of nitrogens with one attached hydrogen (secondary N) is 2. The zero-order chi connectivity index (χ0) is 21.6. The largest absolute Gasteiger partial charge is 0.352 e. The molecule has 0 spiro atoms. The molecule has 7 heteroatoms. The van der Waals surface area contributed by atoms with Crippen molar-refractivity contribution in [2.45, 2.75) is 24.7 Å². The minimum atomic E-state index is -3.75. The van der Waals surface area contributed by atoms with Gasteiger partial charge in [0.05, 0.1) is 15.6 Å². The van der Waals surface area contributed by atoms with Crippen molar-refractivity contribution in [2.24, 2.45) is 0 Å². The van der Waals surface area contributed by atoms with Crippen LogP contribution in [0.25, 0.3) is 0 Å². The molecular formula is C23H23ClN2O3S. The molecule has 0 aliphatic carbocycles. The third-order valence-electron chi connectivity index (χ3n) is 4.54. The van der Waals surface area contributed by atoms with E-state index in [1.54, 1.807) is 24.3 Å². The number of anilines is 1. The fourth-order valence-electron chi connectivity index (χ4n) is 3.01. The molecule has 3 aromatic rings. The monoisotopic (exact) mass is 442 g/mol. The molecule has 0 aromatic heterocycles. The molecule has 0 saturated carbocycles. The van der Waals surface area contributed by atoms with Gasteiger partial charge in [-0.05, 0) is 55.7 Å². The number of rotatable bonds is 8. The Morgan fingerprint density at radius 3 is 2.43 bits per heavy atom. The van der Waals surface area contributed by atoms with Gasteiger partial charge in [0.25, 0.3) is 15.9 Å². The number of hydrogen-bond donors (Lipinski definition) is 2. The van der Waals surface area contributed by atoms with Gasteiger partial charge in [-0.1, -0.05) is 59.6 Å². The number of halogens is 1. The van der Waals surface area contributed by atoms with Crippen LogP contribution in [0.1, 0.15) is 27.9 Å². The maximum Gasteiger partial charge on any atom is 0.261 e. The summed E-state index contributed by atoms with van der Waals surface area (Å²) in [4.78, 5) is 12.5. The number of amides is 1. The number of aryl methyl sites for hydroxylation is 2. The van der Waals surface area contributed by atoms with Crippen LogP contribution in [0.3, 0.4) is 0 Å². The first-order valence-corrected chi connectivity index (χ1v) is 11.4. The molecule has 0 aliphatic rings. The second-order valence-corrected chi connectivity index (χ2v) is 9.05. The summed E-state index contributed by atoms with van der Waals surface area (Å²) in [6.45, 7) is 2.59. The SMILES string of the molecule is Cc1cccc(CCCNC(=O)c2ccc(NS(=O)(=O)c3ccccc3)c(Cl)c2)c1. The molecule has 3 aromatic carbocycles. The van der Waals surface area contributed by atoms with Crippen LogP contribution in [0.15, 0.2) is 77.7 Å². The van der Waals surface area contributed by atoms with Gasteiger partial charge in [0.1, 0.15) is 0 Å². The van der Waals surface area contributed by atoms with Crippen molar-refractivity contribution in [2.75, 3.05) is 11.3 Å². The molecule has 0 unspecified atom stereocenters. The van der Waals surface area contributed by atoms with Gasteiger partial charge in [0.2, 0.25) is 0 Å². The van der Waals surface area contributed by atoms with Gasteiger partial charge in [-0.15, -0.1) is 0 Å². The number of carbonyl (C=O) groups excluding carboxylic acids is 1. The van der Waals surface area contributed by atoms with Crippen LogP contribution < -0.4 is 10.0 Å². The second-order valence-electron chi connectivity index (χ2n) is 6.96. The summed E-state index contributed by atoms with van der Waals surface area (Å²) in [5.41, 5.74) is 3.05. The highest BCUT2D eigenvalue weighted by Crippen LogP contribution is 2.26. The first-order chi connectivity index (χ1) is 14.3. The predicted octanol–water partition coefficient (Wildman–Crippen LogP) is 4.81. The predicted molar refractivity (Wildman–Crippen MR) is 121 cm³/mol. The van der Waals surface area contributed by atoms with E-state index in [0.29, 0.717) is 12.1 Å². The molecule has 1 amide bonds. The summed E-state index contributed by atoms with van der Waals surface area (Å²) in [7, 11) is -3.75. The van der Waals surface area contributed by atoms with Crippen LogP contribution in [0.5, 0.6) is 0 Å². The lowest BCUT2D eigenvalue weighted by Gasteiger charge is -2.11. The van der Waals surface area contributed by atoms with Gasteiger partial charge in [-0.3, -0.25) is 9.52 Å². The lowest BCUT2D eigenvalue weighted by atomic mass is 10.1. The molecule has 0 aliphatic heterocycles. The van der Waals surface area contributed by atoms with Crippen molar-refractivity contribution in [3.05, 3.63) is 94.5 Å². The number of hydrogen-bond acceptors (Lipinski definition) is 3. The Morgan fingerprint density at radius 1 is 0.967 bits per heavy atom. The van der Waals surface area contributed by atoms with E-state index >= 15 is 0 Å². The Morgan fingerprint density at radius 2 is 1.73 bits per heavy atom. The van der Waals surface area contributed by atoms with Gasteiger partial charge in [-0.2, -0.15) is 0 Å². The van der Waals surface area contributed by atoms with Crippen LogP contribution in [0.4, 0.5) is 5.69 Å². The summed E-state index contributed by atoms with van der Waals surface area (Å²) in [6, 6.07) is 20.8. The Balaban J connectivity index is 1.57. The molecule has 0 radical (unpaired) electrons. The average molecular weight is 443 g/mol. The molecule has 2 N–H and O–H groups in total. The fraction of sp³-hybridized carbons (Fsp3) is 0.174. The Kier molecular flexibility index (Phi) is 7.13. The van der Waals surface area contributed by atoms with Crippen LogP contribution in [0, 0.1) is 6.92 Å². The minimum absolute atomic E-state index is 0.136. The highest BCUT2D eigenvalue weighted by atomic mass is 35.5. The number of benzene rings is 3. The Labute approximate surface area is 182 Å². The molecular weight excluding hydrogens is 420 g/mol. The first kappa shape index (κ1) is 21.9. The molecule has 3 rings (SSSR count). The second kappa shape index (κ2) is 9.78. The van der Waals surface area contributed by atoms with E-state index in [1.807, 2.05) is 6.07 Å². The van der Waals surface area contributed by atoms with E-state index in [2.05, 4.69) is 35.2 Å². The topological polar surface area (TPSA) is 75.3 Å². The van der Waals surface area contributed by atoms with Crippen LogP contribution in [-0.2, 0) is 16.4 Å². The summed E-state index contributed by atoms with van der Waals surface area (Å²) in [5.74, 6) is -0.251. The normalized spacial score (nSPS) is 11.1. The van der Waals surface area contributed by atoms with Crippen LogP contribution in [0.2, 0.25) is 5.02 Å². The van der Waals surface area contributed by atoms with E-state index in [1.165, 1.54) is 35.4 Å². The van der Waals surface area contributed by atoms with Crippen molar-refractivity contribution < 1.29 is 13.2 Å². The molecule has 0 saturated heterocycles. The van der Waals surface area contributed by atoms with Gasteiger partial charge in [0, 0.05) is 12.1 Å². The number of carbonyl (C=O) groups is 1. The lowest BCUT2D eigenvalue weighted by molar-refractivity contribution is 0.0953. The van der Waals surface area contributed by atoms with Crippen molar-refractivity contribution in [1.82, 2.24) is 5.32 Å². The average Bonchev–Trinajstić information content (AvgIpc) is 2.73. The Bertz CT molecular complexity index is 1130. The van der Waals surface area contributed by atoms with Gasteiger partial charge in [-0.25, -0.2) is 8.42 Å². The van der Waals surface area contributed by atoms with E-state index in [4.69, 9.17) is 11.6 Å². The van der Waals surface area contributed by atoms with E-state index in [9.17, 15) is 13.2 Å². The molecule has 0 bridgehead atoms. The van der Waals surface area contributed by atoms with Crippen LogP contribution in [-0.4, -0.2) is 20.9 Å². The maximum absolute atomic E-state index is 12.4. The van der Waals surface area contributed by atoms with Gasteiger partial charge in [0.15, 0.2) is 0 Å². The molecule has 30 heavy (non-hydrogen) atoms. The van der Waals surface area contributed by atoms with E-state index in [0.717, 1.165) is 12.8 Å². The quantitative estimate of drug-likeness (QED) is 0.491. The van der Waals surface area contributed by atoms with Crippen LogP contribution >= 0.6 is 11.6 Å². The minimum Gasteiger partial charge on any atom is -0.352 e. The van der Waals surface area contributed by atoms with Crippen molar-refractivity contribution in [3.8, 4) is 0 Å². The maximum atomic E-state index is 12.4. The van der Waals surface area contributed by atoms with E-state index in [-0.39, 0.29) is 21.5 Å². The highest BCUT2D eigenvalue weighted by molar-refractivity contribution is 7.92. The standard InChI is InChI=1S/C23H23ClN2O3S/c1-17-7-5-8-18(15-17)9-6-14-25-23(27)19-12-13-22(21(24)16-19)26-30(28,29)20-10-3-2-4-11-20/h2-5,7-8,10-13,15-16,26H,6,9,14H2,1H3,(H,25,27). The third kappa shape index (κ3) is 5.84. The van der Waals surface area contributed by atoms with Crippen molar-refractivity contribution in [1.29, 1.82) is 0 Å². The molecule has 156 valence electrons.